The van der Waals surface area contributed by atoms with Gasteiger partial charge in [-0.1, -0.05) is 31.2 Å². The van der Waals surface area contributed by atoms with Crippen LogP contribution in [0.5, 0.6) is 0 Å². The number of benzene rings is 1. The third-order valence-corrected chi connectivity index (χ3v) is 3.88. The summed E-state index contributed by atoms with van der Waals surface area (Å²) >= 11 is 0. The van der Waals surface area contributed by atoms with E-state index in [2.05, 4.69) is 43.1 Å². The quantitative estimate of drug-likeness (QED) is 0.865. The van der Waals surface area contributed by atoms with Crippen LogP contribution >= 0.6 is 0 Å². The molecule has 0 unspecified atom stereocenters. The second-order valence-corrected chi connectivity index (χ2v) is 5.37. The lowest BCUT2D eigenvalue weighted by molar-refractivity contribution is -0.0150. The van der Waals surface area contributed by atoms with Crippen LogP contribution in [0.3, 0.4) is 0 Å². The zero-order valence-electron chi connectivity index (χ0n) is 10.9. The van der Waals surface area contributed by atoms with Gasteiger partial charge in [-0.3, -0.25) is 0 Å². The minimum Gasteiger partial charge on any atom is -0.389 e. The number of nitrogens with zero attached hydrogens (tertiary/aromatic N) is 1. The maximum absolute atomic E-state index is 10.5. The van der Waals surface area contributed by atoms with Gasteiger partial charge in [-0.15, -0.1) is 0 Å². The predicted octanol–water partition coefficient (Wildman–Crippen LogP) is 2.25. The summed E-state index contributed by atoms with van der Waals surface area (Å²) in [6, 6.07) is 8.67. The molecule has 2 nitrogen and oxygen atoms in total. The SMILES string of the molecule is CCc1ccc(CC2(O)CCN(C)CC2)cc1. The molecular weight excluding hydrogens is 210 g/mol. The summed E-state index contributed by atoms with van der Waals surface area (Å²) in [5.41, 5.74) is 2.14. The van der Waals surface area contributed by atoms with E-state index in [1.807, 2.05) is 0 Å². The maximum atomic E-state index is 10.5. The van der Waals surface area contributed by atoms with Crippen molar-refractivity contribution in [2.24, 2.45) is 0 Å². The summed E-state index contributed by atoms with van der Waals surface area (Å²) in [6.45, 7) is 4.17. The molecule has 1 aliphatic rings. The van der Waals surface area contributed by atoms with Crippen LogP contribution in [0.25, 0.3) is 0 Å². The van der Waals surface area contributed by atoms with Crippen molar-refractivity contribution in [3.63, 3.8) is 0 Å². The van der Waals surface area contributed by atoms with E-state index >= 15 is 0 Å². The van der Waals surface area contributed by atoms with Gasteiger partial charge in [0, 0.05) is 19.5 Å². The van der Waals surface area contributed by atoms with Crippen molar-refractivity contribution in [2.75, 3.05) is 20.1 Å². The minimum atomic E-state index is -0.486. The van der Waals surface area contributed by atoms with Crippen molar-refractivity contribution in [2.45, 2.75) is 38.2 Å². The molecule has 1 aromatic rings. The molecule has 1 fully saturated rings. The standard InChI is InChI=1S/C15H23NO/c1-3-13-4-6-14(7-5-13)12-15(17)8-10-16(2)11-9-15/h4-7,17H,3,8-12H2,1-2H3. The molecule has 1 N–H and O–H groups in total. The average molecular weight is 233 g/mol. The normalized spacial score (nSPS) is 20.4. The van der Waals surface area contributed by atoms with Gasteiger partial charge in [-0.05, 0) is 37.4 Å². The highest BCUT2D eigenvalue weighted by Gasteiger charge is 2.31. The Bertz CT molecular complexity index is 350. The molecular formula is C15H23NO. The first-order valence-electron chi connectivity index (χ1n) is 6.60. The highest BCUT2D eigenvalue weighted by atomic mass is 16.3. The first-order chi connectivity index (χ1) is 8.11. The molecule has 0 atom stereocenters. The van der Waals surface area contributed by atoms with E-state index in [1.165, 1.54) is 11.1 Å². The van der Waals surface area contributed by atoms with Crippen LogP contribution in [-0.4, -0.2) is 35.7 Å². The second-order valence-electron chi connectivity index (χ2n) is 5.37. The molecule has 0 spiro atoms. The van der Waals surface area contributed by atoms with Gasteiger partial charge < -0.3 is 10.0 Å². The summed E-state index contributed by atoms with van der Waals surface area (Å²) in [5, 5.41) is 10.5. The average Bonchev–Trinajstić information content (AvgIpc) is 2.34. The van der Waals surface area contributed by atoms with Crippen molar-refractivity contribution in [1.29, 1.82) is 0 Å². The molecule has 2 rings (SSSR count). The monoisotopic (exact) mass is 233 g/mol. The number of aliphatic hydroxyl groups is 1. The highest BCUT2D eigenvalue weighted by molar-refractivity contribution is 5.24. The van der Waals surface area contributed by atoms with Crippen molar-refractivity contribution in [3.8, 4) is 0 Å². The summed E-state index contributed by atoms with van der Waals surface area (Å²) in [6.07, 6.45) is 3.65. The Hall–Kier alpha value is -0.860. The predicted molar refractivity (Wildman–Crippen MR) is 71.2 cm³/mol. The van der Waals surface area contributed by atoms with Crippen molar-refractivity contribution < 1.29 is 5.11 Å². The van der Waals surface area contributed by atoms with E-state index < -0.39 is 5.60 Å². The van der Waals surface area contributed by atoms with Crippen LogP contribution in [0, 0.1) is 0 Å². The minimum absolute atomic E-state index is 0.486. The molecule has 0 saturated carbocycles. The number of likely N-dealkylation sites (tertiary alicyclic amines) is 1. The van der Waals surface area contributed by atoms with Gasteiger partial charge in [0.2, 0.25) is 0 Å². The Labute approximate surface area is 104 Å². The van der Waals surface area contributed by atoms with Crippen LogP contribution < -0.4 is 0 Å². The summed E-state index contributed by atoms with van der Waals surface area (Å²) in [7, 11) is 2.12. The van der Waals surface area contributed by atoms with Crippen LogP contribution in [-0.2, 0) is 12.8 Å². The van der Waals surface area contributed by atoms with E-state index in [0.717, 1.165) is 38.8 Å². The van der Waals surface area contributed by atoms with Crippen molar-refractivity contribution in [1.82, 2.24) is 4.90 Å². The fourth-order valence-electron chi connectivity index (χ4n) is 2.48. The third-order valence-electron chi connectivity index (χ3n) is 3.88. The third kappa shape index (κ3) is 3.30. The Morgan fingerprint density at radius 1 is 1.12 bits per heavy atom. The Morgan fingerprint density at radius 2 is 1.65 bits per heavy atom. The zero-order valence-corrected chi connectivity index (χ0v) is 10.9. The van der Waals surface area contributed by atoms with Gasteiger partial charge in [0.1, 0.15) is 0 Å². The lowest BCUT2D eigenvalue weighted by atomic mass is 9.85. The summed E-state index contributed by atoms with van der Waals surface area (Å²) in [4.78, 5) is 2.29. The van der Waals surface area contributed by atoms with Crippen LogP contribution in [0.15, 0.2) is 24.3 Å². The summed E-state index contributed by atoms with van der Waals surface area (Å²) < 4.78 is 0. The first-order valence-corrected chi connectivity index (χ1v) is 6.60. The van der Waals surface area contributed by atoms with Crippen molar-refractivity contribution in [3.05, 3.63) is 35.4 Å². The molecule has 0 aromatic heterocycles. The lowest BCUT2D eigenvalue weighted by Gasteiger charge is -2.36. The topological polar surface area (TPSA) is 23.5 Å². The number of aryl methyl sites for hydroxylation is 1. The van der Waals surface area contributed by atoms with Gasteiger partial charge in [0.15, 0.2) is 0 Å². The second kappa shape index (κ2) is 5.19. The Balaban J connectivity index is 1.99. The molecule has 1 aromatic carbocycles. The van der Waals surface area contributed by atoms with Gasteiger partial charge in [-0.25, -0.2) is 0 Å². The molecule has 0 amide bonds. The molecule has 1 aliphatic heterocycles. The largest absolute Gasteiger partial charge is 0.389 e. The van der Waals surface area contributed by atoms with Crippen LogP contribution in [0.1, 0.15) is 30.9 Å². The van der Waals surface area contributed by atoms with E-state index in [4.69, 9.17) is 0 Å². The molecule has 0 radical (unpaired) electrons. The molecule has 1 heterocycles. The number of piperidine rings is 1. The maximum Gasteiger partial charge on any atom is 0.0712 e. The zero-order chi connectivity index (χ0) is 12.3. The van der Waals surface area contributed by atoms with Gasteiger partial charge >= 0.3 is 0 Å². The van der Waals surface area contributed by atoms with E-state index in [0.29, 0.717) is 0 Å². The fourth-order valence-corrected chi connectivity index (χ4v) is 2.48. The van der Waals surface area contributed by atoms with E-state index in [1.54, 1.807) is 0 Å². The van der Waals surface area contributed by atoms with Gasteiger partial charge in [0.25, 0.3) is 0 Å². The summed E-state index contributed by atoms with van der Waals surface area (Å²) in [5.74, 6) is 0. The van der Waals surface area contributed by atoms with Crippen LogP contribution in [0.2, 0.25) is 0 Å². The Morgan fingerprint density at radius 3 is 2.18 bits per heavy atom. The smallest absolute Gasteiger partial charge is 0.0712 e. The van der Waals surface area contributed by atoms with Crippen molar-refractivity contribution >= 4 is 0 Å². The molecule has 1 saturated heterocycles. The van der Waals surface area contributed by atoms with Gasteiger partial charge in [0.05, 0.1) is 5.60 Å². The Kier molecular flexibility index (Phi) is 3.85. The van der Waals surface area contributed by atoms with E-state index in [9.17, 15) is 5.11 Å². The molecule has 2 heteroatoms. The van der Waals surface area contributed by atoms with Gasteiger partial charge in [-0.2, -0.15) is 0 Å². The molecule has 17 heavy (non-hydrogen) atoms. The number of hydrogen-bond acceptors (Lipinski definition) is 2. The fraction of sp³-hybridized carbons (Fsp3) is 0.600. The number of rotatable bonds is 3. The molecule has 0 aliphatic carbocycles. The number of hydrogen-bond donors (Lipinski definition) is 1. The van der Waals surface area contributed by atoms with E-state index in [-0.39, 0.29) is 0 Å². The lowest BCUT2D eigenvalue weighted by Crippen LogP contribution is -2.44. The first kappa shape index (κ1) is 12.6. The molecule has 94 valence electrons. The molecule has 0 bridgehead atoms. The van der Waals surface area contributed by atoms with Crippen LogP contribution in [0.4, 0.5) is 0 Å². The highest BCUT2D eigenvalue weighted by Crippen LogP contribution is 2.25.